The first-order valence-corrected chi connectivity index (χ1v) is 11.6. The number of benzene rings is 1. The monoisotopic (exact) mass is 545 g/mol. The first-order valence-electron chi connectivity index (χ1n) is 10.8. The molecule has 2 amide bonds. The second kappa shape index (κ2) is 10.4. The van der Waals surface area contributed by atoms with Gasteiger partial charge in [-0.15, -0.1) is 11.3 Å². The molecule has 3 rings (SSSR count). The smallest absolute Gasteiger partial charge is 0.344 e. The first kappa shape index (κ1) is 28.0. The molecule has 0 bridgehead atoms. The lowest BCUT2D eigenvalue weighted by molar-refractivity contribution is -0.143. The molecule has 0 aliphatic heterocycles. The van der Waals surface area contributed by atoms with Crippen LogP contribution in [0.15, 0.2) is 30.6 Å². The summed E-state index contributed by atoms with van der Waals surface area (Å²) < 4.78 is 79.1. The van der Waals surface area contributed by atoms with Crippen molar-refractivity contribution in [3.05, 3.63) is 63.5 Å². The number of hydrogen-bond donors (Lipinski definition) is 1. The molecule has 0 saturated heterocycles. The molecule has 2 heterocycles. The Labute approximate surface area is 211 Å². The highest BCUT2D eigenvalue weighted by Crippen LogP contribution is 2.36. The molecule has 198 valence electrons. The van der Waals surface area contributed by atoms with Crippen LogP contribution in [0.3, 0.4) is 0 Å². The Hall–Kier alpha value is -3.55. The highest BCUT2D eigenvalue weighted by atomic mass is 32.1. The van der Waals surface area contributed by atoms with Crippen LogP contribution in [0.4, 0.5) is 26.3 Å². The van der Waals surface area contributed by atoms with E-state index in [1.54, 1.807) is 20.9 Å². The summed E-state index contributed by atoms with van der Waals surface area (Å²) in [6.07, 6.45) is -7.43. The topological polar surface area (TPSA) is 88.1 Å². The van der Waals surface area contributed by atoms with Crippen LogP contribution in [-0.4, -0.2) is 45.3 Å². The molecule has 14 heteroatoms. The number of nitrogens with zero attached hydrogens (tertiary/aromatic N) is 4. The molecular formula is C23H21F6N5O2S. The van der Waals surface area contributed by atoms with E-state index in [4.69, 9.17) is 0 Å². The van der Waals surface area contributed by atoms with Crippen LogP contribution in [-0.2, 0) is 12.4 Å². The van der Waals surface area contributed by atoms with Crippen molar-refractivity contribution in [3.8, 4) is 10.7 Å². The summed E-state index contributed by atoms with van der Waals surface area (Å²) in [5.74, 6) is -1.43. The van der Waals surface area contributed by atoms with Crippen molar-refractivity contribution >= 4 is 23.2 Å². The van der Waals surface area contributed by atoms with Crippen LogP contribution >= 0.6 is 11.3 Å². The van der Waals surface area contributed by atoms with Crippen LogP contribution in [0.2, 0.25) is 0 Å². The first-order chi connectivity index (χ1) is 17.1. The number of hydrogen-bond acceptors (Lipinski definition) is 6. The number of carbonyl (C=O) groups is 2. The third-order valence-electron chi connectivity index (χ3n) is 5.27. The quantitative estimate of drug-likeness (QED) is 0.412. The molecule has 0 spiro atoms. The van der Waals surface area contributed by atoms with Gasteiger partial charge in [0.1, 0.15) is 15.6 Å². The zero-order valence-corrected chi connectivity index (χ0v) is 20.8. The number of aromatic nitrogens is 3. The lowest BCUT2D eigenvalue weighted by Gasteiger charge is -2.18. The zero-order valence-electron chi connectivity index (χ0n) is 20.0. The van der Waals surface area contributed by atoms with E-state index in [9.17, 15) is 35.9 Å². The molecule has 0 aliphatic rings. The number of carbonyl (C=O) groups excluding carboxylic acids is 2. The Kier molecular flexibility index (Phi) is 7.91. The number of amides is 2. The Balaban J connectivity index is 1.95. The van der Waals surface area contributed by atoms with E-state index in [0.717, 1.165) is 11.3 Å². The van der Waals surface area contributed by atoms with Crippen molar-refractivity contribution in [2.24, 2.45) is 0 Å². The van der Waals surface area contributed by atoms with Crippen molar-refractivity contribution < 1.29 is 35.9 Å². The predicted octanol–water partition coefficient (Wildman–Crippen LogP) is 5.53. The van der Waals surface area contributed by atoms with E-state index in [1.807, 2.05) is 0 Å². The molecular weight excluding hydrogens is 524 g/mol. The van der Waals surface area contributed by atoms with Crippen LogP contribution in [0.1, 0.15) is 62.4 Å². The molecule has 0 aliphatic carbocycles. The van der Waals surface area contributed by atoms with Crippen molar-refractivity contribution in [3.63, 3.8) is 0 Å². The fourth-order valence-corrected chi connectivity index (χ4v) is 4.12. The van der Waals surface area contributed by atoms with Gasteiger partial charge in [0, 0.05) is 25.4 Å². The molecule has 1 aromatic carbocycles. The molecule has 1 N–H and O–H groups in total. The van der Waals surface area contributed by atoms with Gasteiger partial charge in [0.15, 0.2) is 0 Å². The van der Waals surface area contributed by atoms with Crippen molar-refractivity contribution in [1.29, 1.82) is 0 Å². The maximum Gasteiger partial charge on any atom is 0.416 e. The van der Waals surface area contributed by atoms with E-state index < -0.39 is 41.0 Å². The minimum atomic E-state index is -5.09. The second-order valence-corrected chi connectivity index (χ2v) is 9.11. The van der Waals surface area contributed by atoms with E-state index in [0.29, 0.717) is 34.3 Å². The molecule has 7 nitrogen and oxygen atoms in total. The fraction of sp³-hybridized carbons (Fsp3) is 0.348. The summed E-state index contributed by atoms with van der Waals surface area (Å²) >= 11 is 1.04. The lowest BCUT2D eigenvalue weighted by Crippen LogP contribution is -2.28. The number of thiazole rings is 1. The van der Waals surface area contributed by atoms with Crippen LogP contribution in [0.5, 0.6) is 0 Å². The number of nitrogens with one attached hydrogen (secondary N) is 1. The van der Waals surface area contributed by atoms with Gasteiger partial charge in [0.05, 0.1) is 34.8 Å². The summed E-state index contributed by atoms with van der Waals surface area (Å²) in [6, 6.07) is -0.341. The summed E-state index contributed by atoms with van der Waals surface area (Å²) in [5, 5.41) is 2.69. The minimum Gasteiger partial charge on any atom is -0.344 e. The molecule has 37 heavy (non-hydrogen) atoms. The molecule has 0 radical (unpaired) electrons. The molecule has 3 aromatic rings. The minimum absolute atomic E-state index is 0.0545. The Morgan fingerprint density at radius 1 is 1.03 bits per heavy atom. The van der Waals surface area contributed by atoms with Crippen molar-refractivity contribution in [2.75, 3.05) is 13.6 Å². The van der Waals surface area contributed by atoms with Gasteiger partial charge >= 0.3 is 12.4 Å². The zero-order chi connectivity index (χ0) is 27.7. The van der Waals surface area contributed by atoms with Gasteiger partial charge in [0.2, 0.25) is 0 Å². The molecule has 0 saturated carbocycles. The molecule has 0 fully saturated rings. The SMILES string of the molecule is CCN(C)C(=O)c1cnc(-c2nc(C)cnc2[C@@H](C)NC(=O)c2cc(C(F)(F)F)cc(C(F)(F)F)c2)s1. The Morgan fingerprint density at radius 3 is 2.16 bits per heavy atom. The van der Waals surface area contributed by atoms with Gasteiger partial charge < -0.3 is 10.2 Å². The highest BCUT2D eigenvalue weighted by molar-refractivity contribution is 7.16. The second-order valence-electron chi connectivity index (χ2n) is 8.08. The average Bonchev–Trinajstić information content (AvgIpc) is 3.31. The molecule has 2 aromatic heterocycles. The maximum atomic E-state index is 13.2. The fourth-order valence-electron chi connectivity index (χ4n) is 3.21. The maximum absolute atomic E-state index is 13.2. The van der Waals surface area contributed by atoms with Gasteiger partial charge in [-0.2, -0.15) is 26.3 Å². The van der Waals surface area contributed by atoms with Gasteiger partial charge in [-0.25, -0.2) is 9.97 Å². The van der Waals surface area contributed by atoms with E-state index >= 15 is 0 Å². The van der Waals surface area contributed by atoms with E-state index in [1.165, 1.54) is 24.2 Å². The third-order valence-corrected chi connectivity index (χ3v) is 6.26. The van der Waals surface area contributed by atoms with Crippen LogP contribution in [0.25, 0.3) is 10.7 Å². The standard InChI is InChI=1S/C23H21F6N5O2S/c1-5-34(4)21(36)16-10-31-20(37-16)18-17(30-9-11(2)32-18)12(3)33-19(35)13-6-14(22(24,25)26)8-15(7-13)23(27,28)29/h6-10,12H,5H2,1-4H3,(H,33,35)/t12-/m1/s1. The summed E-state index contributed by atoms with van der Waals surface area (Å²) in [6.45, 7) is 5.37. The summed E-state index contributed by atoms with van der Waals surface area (Å²) in [4.78, 5) is 39.9. The largest absolute Gasteiger partial charge is 0.416 e. The van der Waals surface area contributed by atoms with Crippen LogP contribution < -0.4 is 5.32 Å². The normalized spacial score (nSPS) is 12.8. The van der Waals surface area contributed by atoms with Crippen molar-refractivity contribution in [1.82, 2.24) is 25.2 Å². The van der Waals surface area contributed by atoms with Gasteiger partial charge in [-0.05, 0) is 39.0 Å². The summed E-state index contributed by atoms with van der Waals surface area (Å²) in [5.41, 5.74) is -3.16. The number of rotatable bonds is 6. The number of halogens is 6. The Morgan fingerprint density at radius 2 is 1.62 bits per heavy atom. The predicted molar refractivity (Wildman–Crippen MR) is 123 cm³/mol. The van der Waals surface area contributed by atoms with Gasteiger partial charge in [0.25, 0.3) is 11.8 Å². The Bertz CT molecular complexity index is 1290. The number of alkyl halides is 6. The molecule has 0 unspecified atom stereocenters. The van der Waals surface area contributed by atoms with E-state index in [2.05, 4.69) is 20.3 Å². The third kappa shape index (κ3) is 6.42. The van der Waals surface area contributed by atoms with Crippen LogP contribution in [0, 0.1) is 6.92 Å². The average molecular weight is 546 g/mol. The van der Waals surface area contributed by atoms with Gasteiger partial charge in [-0.3, -0.25) is 14.6 Å². The highest BCUT2D eigenvalue weighted by Gasteiger charge is 2.37. The van der Waals surface area contributed by atoms with Gasteiger partial charge in [-0.1, -0.05) is 0 Å². The molecule has 1 atom stereocenters. The van der Waals surface area contributed by atoms with Crippen molar-refractivity contribution in [2.45, 2.75) is 39.2 Å². The lowest BCUT2D eigenvalue weighted by atomic mass is 10.0. The van der Waals surface area contributed by atoms with E-state index in [-0.39, 0.29) is 23.4 Å². The number of aryl methyl sites for hydroxylation is 1. The summed E-state index contributed by atoms with van der Waals surface area (Å²) in [7, 11) is 1.62.